The fraction of sp³-hybridized carbons (Fsp3) is 1.00. The smallest absolute Gasteiger partial charge is 0.205 e. The summed E-state index contributed by atoms with van der Waals surface area (Å²) in [5.74, 6) is 0. The van der Waals surface area contributed by atoms with Crippen LogP contribution in [-0.2, 0) is 10.0 Å². The minimum atomic E-state index is -3.15. The van der Waals surface area contributed by atoms with Crippen molar-refractivity contribution in [1.29, 1.82) is 0 Å². The maximum atomic E-state index is 11.6. The van der Waals surface area contributed by atoms with Gasteiger partial charge in [-0.1, -0.05) is 38.5 Å². The topological polar surface area (TPSA) is 46.5 Å². The van der Waals surface area contributed by atoms with Gasteiger partial charge in [0.15, 0.2) is 0 Å². The molecule has 0 bridgehead atoms. The molecule has 0 aromatic rings. The zero-order valence-electron chi connectivity index (χ0n) is 11.4. The van der Waals surface area contributed by atoms with Crippen molar-refractivity contribution in [3.63, 3.8) is 0 Å². The Morgan fingerprint density at radius 1 is 0.833 bits per heavy atom. The molecule has 3 nitrogen and oxygen atoms in total. The Morgan fingerprint density at radius 2 is 1.22 bits per heavy atom. The molecule has 0 N–H and O–H groups in total. The van der Waals surface area contributed by atoms with Crippen molar-refractivity contribution in [3.8, 4) is 0 Å². The third kappa shape index (κ3) is 4.38. The fourth-order valence-corrected chi connectivity index (χ4v) is 8.86. The lowest BCUT2D eigenvalue weighted by molar-refractivity contribution is 0.487. The predicted octanol–water partition coefficient (Wildman–Crippen LogP) is 4.01. The molecule has 106 valence electrons. The van der Waals surface area contributed by atoms with Crippen LogP contribution in [0.2, 0.25) is 0 Å². The van der Waals surface area contributed by atoms with E-state index in [0.717, 1.165) is 0 Å². The highest BCUT2D eigenvalue weighted by atomic mass is 32.2. The third-order valence-corrected chi connectivity index (χ3v) is 9.32. The second kappa shape index (κ2) is 6.56. The molecule has 0 radical (unpaired) electrons. The van der Waals surface area contributed by atoms with Crippen LogP contribution in [0.1, 0.15) is 64.2 Å². The second-order valence-electron chi connectivity index (χ2n) is 5.92. The molecule has 2 aliphatic rings. The van der Waals surface area contributed by atoms with Crippen molar-refractivity contribution < 1.29 is 8.42 Å². The Balaban J connectivity index is 2.18. The van der Waals surface area contributed by atoms with Crippen LogP contribution in [0.15, 0.2) is 4.15 Å². The van der Waals surface area contributed by atoms with Gasteiger partial charge in [0.05, 0.1) is 6.26 Å². The quantitative estimate of drug-likeness (QED) is 0.738. The van der Waals surface area contributed by atoms with Crippen molar-refractivity contribution in [2.45, 2.75) is 75.5 Å². The molecule has 2 saturated carbocycles. The average molecular weight is 291 g/mol. The van der Waals surface area contributed by atoms with Crippen LogP contribution < -0.4 is 0 Å². The highest BCUT2D eigenvalue weighted by Crippen LogP contribution is 2.50. The summed E-state index contributed by atoms with van der Waals surface area (Å²) in [6, 6.07) is 0. The maximum absolute atomic E-state index is 11.6. The van der Waals surface area contributed by atoms with Gasteiger partial charge < -0.3 is 0 Å². The molecule has 0 amide bonds. The Hall–Kier alpha value is 0.180. The van der Waals surface area contributed by atoms with Crippen LogP contribution in [-0.4, -0.2) is 26.0 Å². The minimum Gasteiger partial charge on any atom is -0.205 e. The summed E-state index contributed by atoms with van der Waals surface area (Å²) < 4.78 is 27.5. The molecule has 18 heavy (non-hydrogen) atoms. The van der Waals surface area contributed by atoms with E-state index in [1.165, 1.54) is 70.5 Å². The van der Waals surface area contributed by atoms with Crippen molar-refractivity contribution in [2.24, 2.45) is 4.15 Å². The van der Waals surface area contributed by atoms with Gasteiger partial charge in [-0.25, -0.2) is 8.42 Å². The summed E-state index contributed by atoms with van der Waals surface area (Å²) in [5.41, 5.74) is 1.25. The monoisotopic (exact) mass is 291 g/mol. The van der Waals surface area contributed by atoms with E-state index in [1.807, 2.05) is 0 Å². The Morgan fingerprint density at radius 3 is 1.56 bits per heavy atom. The standard InChI is InChI=1S/C13H26NO2PS/c1-18(15,16)14-17(12-8-4-2-5-9-12)13-10-6-3-7-11-13/h12-13,17H,2-11H2,1H3. The summed E-state index contributed by atoms with van der Waals surface area (Å²) in [7, 11) is -4.22. The van der Waals surface area contributed by atoms with Crippen LogP contribution in [0, 0.1) is 0 Å². The van der Waals surface area contributed by atoms with Crippen LogP contribution >= 0.6 is 7.71 Å². The molecule has 0 aliphatic heterocycles. The zero-order chi connectivity index (χ0) is 13.0. The van der Waals surface area contributed by atoms with Crippen molar-refractivity contribution in [2.75, 3.05) is 6.26 Å². The van der Waals surface area contributed by atoms with Gasteiger partial charge in [-0.3, -0.25) is 0 Å². The van der Waals surface area contributed by atoms with E-state index in [4.69, 9.17) is 0 Å². The number of rotatable bonds is 3. The maximum Gasteiger partial charge on any atom is 0.248 e. The number of nitrogens with zero attached hydrogens (tertiary/aromatic N) is 1. The first-order valence-corrected chi connectivity index (χ1v) is 10.8. The first kappa shape index (κ1) is 14.6. The summed E-state index contributed by atoms with van der Waals surface area (Å²) in [5, 5.41) is 0. The number of hydrogen-bond donors (Lipinski definition) is 0. The summed E-state index contributed by atoms with van der Waals surface area (Å²) in [6.07, 6.45) is 14.0. The normalized spacial score (nSPS) is 24.3. The lowest BCUT2D eigenvalue weighted by atomic mass is 10.00. The van der Waals surface area contributed by atoms with Crippen molar-refractivity contribution in [3.05, 3.63) is 0 Å². The predicted molar refractivity (Wildman–Crippen MR) is 79.3 cm³/mol. The van der Waals surface area contributed by atoms with Gasteiger partial charge in [0.1, 0.15) is 0 Å². The van der Waals surface area contributed by atoms with E-state index in [0.29, 0.717) is 11.3 Å². The summed E-state index contributed by atoms with van der Waals surface area (Å²) in [6.45, 7) is 0. The van der Waals surface area contributed by atoms with E-state index in [9.17, 15) is 8.42 Å². The highest BCUT2D eigenvalue weighted by Gasteiger charge is 2.27. The summed E-state index contributed by atoms with van der Waals surface area (Å²) in [4.78, 5) is 0. The number of sulfonamides is 1. The first-order chi connectivity index (χ1) is 8.56. The SMILES string of the molecule is CS(=O)(=O)N=[PH](C1CCCCC1)C1CCCCC1. The molecule has 2 fully saturated rings. The number of hydrogen-bond acceptors (Lipinski definition) is 2. The van der Waals surface area contributed by atoms with Gasteiger partial charge in [0, 0.05) is 0 Å². The molecular formula is C13H26NO2PS. The lowest BCUT2D eigenvalue weighted by Gasteiger charge is -2.31. The van der Waals surface area contributed by atoms with E-state index in [1.54, 1.807) is 0 Å². The molecule has 0 aromatic heterocycles. The minimum absolute atomic E-state index is 0.626. The van der Waals surface area contributed by atoms with Gasteiger partial charge >= 0.3 is 0 Å². The largest absolute Gasteiger partial charge is 0.248 e. The van der Waals surface area contributed by atoms with Gasteiger partial charge in [-0.15, -0.1) is 0 Å². The second-order valence-corrected chi connectivity index (χ2v) is 10.6. The molecule has 2 rings (SSSR count). The van der Waals surface area contributed by atoms with Gasteiger partial charge in [-0.2, -0.15) is 4.15 Å². The first-order valence-electron chi connectivity index (χ1n) is 7.36. The Bertz CT molecular complexity index is 373. The fourth-order valence-electron chi connectivity index (χ4n) is 3.47. The molecule has 0 unspecified atom stereocenters. The van der Waals surface area contributed by atoms with Crippen molar-refractivity contribution >= 4 is 17.7 Å². The zero-order valence-corrected chi connectivity index (χ0v) is 13.2. The van der Waals surface area contributed by atoms with Crippen LogP contribution in [0.25, 0.3) is 0 Å². The molecule has 0 saturated heterocycles. The Kier molecular flexibility index (Phi) is 5.32. The molecule has 0 aromatic carbocycles. The van der Waals surface area contributed by atoms with Crippen molar-refractivity contribution in [1.82, 2.24) is 0 Å². The van der Waals surface area contributed by atoms with E-state index < -0.39 is 17.7 Å². The van der Waals surface area contributed by atoms with Gasteiger partial charge in [0.2, 0.25) is 10.0 Å². The van der Waals surface area contributed by atoms with E-state index in [2.05, 4.69) is 4.15 Å². The molecular weight excluding hydrogens is 265 g/mol. The molecule has 0 spiro atoms. The average Bonchev–Trinajstić information content (AvgIpc) is 2.37. The molecule has 2 aliphatic carbocycles. The Labute approximate surface area is 112 Å². The van der Waals surface area contributed by atoms with Gasteiger partial charge in [0.25, 0.3) is 0 Å². The van der Waals surface area contributed by atoms with Gasteiger partial charge in [-0.05, 0) is 44.7 Å². The highest BCUT2D eigenvalue weighted by molar-refractivity contribution is 7.92. The lowest BCUT2D eigenvalue weighted by Crippen LogP contribution is -2.17. The molecule has 5 heteroatoms. The van der Waals surface area contributed by atoms with Crippen LogP contribution in [0.5, 0.6) is 0 Å². The van der Waals surface area contributed by atoms with Crippen LogP contribution in [0.3, 0.4) is 0 Å². The van der Waals surface area contributed by atoms with E-state index in [-0.39, 0.29) is 0 Å². The molecule has 0 atom stereocenters. The molecule has 0 heterocycles. The summed E-state index contributed by atoms with van der Waals surface area (Å²) >= 11 is 0. The third-order valence-electron chi connectivity index (χ3n) is 4.32. The van der Waals surface area contributed by atoms with Crippen LogP contribution in [0.4, 0.5) is 0 Å². The van der Waals surface area contributed by atoms with E-state index >= 15 is 0 Å².